The van der Waals surface area contributed by atoms with E-state index in [2.05, 4.69) is 4.98 Å². The summed E-state index contributed by atoms with van der Waals surface area (Å²) in [4.78, 5) is 28.6. The summed E-state index contributed by atoms with van der Waals surface area (Å²) < 4.78 is 66.4. The lowest BCUT2D eigenvalue weighted by Crippen LogP contribution is -2.33. The molecule has 1 unspecified atom stereocenters. The fraction of sp³-hybridized carbons (Fsp3) is 0.560. The lowest BCUT2D eigenvalue weighted by atomic mass is 10.1. The number of hydrogen-bond donors (Lipinski definition) is 1. The van der Waals surface area contributed by atoms with Crippen molar-refractivity contribution in [3.05, 3.63) is 52.0 Å². The van der Waals surface area contributed by atoms with E-state index < -0.39 is 66.6 Å². The van der Waals surface area contributed by atoms with Crippen LogP contribution < -0.4 is 15.0 Å². The number of rotatable bonds is 10. The number of thioether (sulfide) groups is 1. The second kappa shape index (κ2) is 12.0. The quantitative estimate of drug-likeness (QED) is 0.323. The third-order valence-corrected chi connectivity index (χ3v) is 9.77. The van der Waals surface area contributed by atoms with E-state index in [1.54, 1.807) is 26.8 Å². The molecule has 1 saturated heterocycles. The molecule has 1 N–H and O–H groups in total. The van der Waals surface area contributed by atoms with Crippen molar-refractivity contribution < 1.29 is 41.8 Å². The Morgan fingerprint density at radius 3 is 2.77 bits per heavy atom. The number of aliphatic hydroxyl groups excluding tert-OH is 1. The third-order valence-electron chi connectivity index (χ3n) is 6.23. The molecule has 14 heteroatoms. The van der Waals surface area contributed by atoms with E-state index in [1.807, 2.05) is 0 Å². The van der Waals surface area contributed by atoms with Gasteiger partial charge in [0.25, 0.3) is 0 Å². The normalized spacial score (nSPS) is 24.6. The number of alkyl halides is 1. The van der Waals surface area contributed by atoms with E-state index in [0.29, 0.717) is 17.7 Å². The predicted octanol–water partition coefficient (Wildman–Crippen LogP) is 3.82. The van der Waals surface area contributed by atoms with Crippen LogP contribution in [0.1, 0.15) is 37.4 Å². The van der Waals surface area contributed by atoms with Crippen LogP contribution in [0.25, 0.3) is 0 Å². The molecule has 3 heterocycles. The lowest BCUT2D eigenvalue weighted by Gasteiger charge is -2.25. The highest BCUT2D eigenvalue weighted by Crippen LogP contribution is 2.54. The fourth-order valence-electron chi connectivity index (χ4n) is 4.28. The first-order valence-electron chi connectivity index (χ1n) is 12.5. The van der Waals surface area contributed by atoms with Gasteiger partial charge in [0.2, 0.25) is 0 Å². The lowest BCUT2D eigenvalue weighted by molar-refractivity contribution is -0.151. The number of aliphatic hydroxyl groups is 1. The second-order valence-corrected chi connectivity index (χ2v) is 13.2. The van der Waals surface area contributed by atoms with Gasteiger partial charge in [-0.15, -0.1) is 11.8 Å². The van der Waals surface area contributed by atoms with Crippen LogP contribution in [0, 0.1) is 18.7 Å². The maximum Gasteiger partial charge on any atom is 0.380 e. The number of aromatic nitrogens is 2. The Kier molecular flexibility index (Phi) is 9.05. The Morgan fingerprint density at radius 2 is 2.08 bits per heavy atom. The van der Waals surface area contributed by atoms with Crippen LogP contribution in [0.3, 0.4) is 0 Å². The van der Waals surface area contributed by atoms with Crippen molar-refractivity contribution in [3.63, 3.8) is 0 Å². The Balaban J connectivity index is 1.55. The molecule has 0 aliphatic carbocycles. The van der Waals surface area contributed by atoms with E-state index in [1.165, 1.54) is 19.2 Å². The van der Waals surface area contributed by atoms with E-state index in [0.717, 1.165) is 22.4 Å². The first kappa shape index (κ1) is 29.5. The summed E-state index contributed by atoms with van der Waals surface area (Å²) in [6, 6.07) is 3.97. The van der Waals surface area contributed by atoms with Crippen LogP contribution in [0.15, 0.2) is 29.2 Å². The monoisotopic (exact) mass is 588 g/mol. The van der Waals surface area contributed by atoms with E-state index in [9.17, 15) is 23.7 Å². The van der Waals surface area contributed by atoms with Crippen LogP contribution in [0.4, 0.5) is 8.78 Å². The van der Waals surface area contributed by atoms with Gasteiger partial charge < -0.3 is 19.1 Å². The van der Waals surface area contributed by atoms with Gasteiger partial charge in [-0.1, -0.05) is 6.92 Å². The molecule has 1 fully saturated rings. The molecular formula is C25H31F2N2O8PS. The van der Waals surface area contributed by atoms with Crippen LogP contribution in [0.5, 0.6) is 11.5 Å². The first-order valence-corrected chi connectivity index (χ1v) is 15.2. The van der Waals surface area contributed by atoms with Gasteiger partial charge in [-0.05, 0) is 39.0 Å². The summed E-state index contributed by atoms with van der Waals surface area (Å²) in [5.41, 5.74) is 0.181. The standard InChI is InChI=1S/C25H31F2N2O8PS/c1-13(2)36-24(31)14(3)12-38(33,37-18-6-5-17(26)22-16(18)8-10-34-22)35-11-19-21(30)20(27)23(39-19)29-9-7-15(4)28-25(29)32/h5-7,9,13-14,19-21,23,30H,8,10-12H2,1-4H3/t14-,19-,20+,21-,23-,38?/m1/s1. The Labute approximate surface area is 228 Å². The van der Waals surface area contributed by atoms with E-state index in [-0.39, 0.29) is 24.3 Å². The largest absolute Gasteiger partial charge is 0.490 e. The molecule has 2 aliphatic heterocycles. The number of fused-ring (bicyclic) bond motifs is 1. The molecule has 0 bridgehead atoms. The van der Waals surface area contributed by atoms with Crippen molar-refractivity contribution in [1.82, 2.24) is 9.55 Å². The molecule has 0 saturated carbocycles. The molecule has 4 rings (SSSR count). The average molecular weight is 589 g/mol. The van der Waals surface area contributed by atoms with Gasteiger partial charge in [0, 0.05) is 23.9 Å². The third kappa shape index (κ3) is 6.65. The number of esters is 1. The minimum Gasteiger partial charge on any atom is -0.490 e. The minimum absolute atomic E-state index is 0.00616. The zero-order chi connectivity index (χ0) is 28.5. The van der Waals surface area contributed by atoms with Gasteiger partial charge in [0.15, 0.2) is 17.7 Å². The number of aryl methyl sites for hydroxylation is 1. The van der Waals surface area contributed by atoms with Crippen molar-refractivity contribution in [2.24, 2.45) is 5.92 Å². The molecule has 6 atom stereocenters. The van der Waals surface area contributed by atoms with Gasteiger partial charge in [-0.3, -0.25) is 13.9 Å². The van der Waals surface area contributed by atoms with E-state index >= 15 is 4.39 Å². The number of nitrogens with zero attached hydrogens (tertiary/aromatic N) is 2. The second-order valence-electron chi connectivity index (χ2n) is 9.78. The van der Waals surface area contributed by atoms with Crippen LogP contribution >= 0.6 is 19.4 Å². The van der Waals surface area contributed by atoms with Crippen molar-refractivity contribution in [2.45, 2.75) is 63.1 Å². The molecule has 214 valence electrons. The van der Waals surface area contributed by atoms with Crippen molar-refractivity contribution >= 4 is 25.3 Å². The summed E-state index contributed by atoms with van der Waals surface area (Å²) in [5, 5.41) is 8.58. The van der Waals surface area contributed by atoms with Gasteiger partial charge in [0.05, 0.1) is 36.6 Å². The topological polar surface area (TPSA) is 126 Å². The molecule has 0 spiro atoms. The molecule has 0 amide bonds. The fourth-order valence-corrected chi connectivity index (χ4v) is 7.71. The van der Waals surface area contributed by atoms with Crippen molar-refractivity contribution in [1.29, 1.82) is 0 Å². The maximum atomic E-state index is 15.1. The highest BCUT2D eigenvalue weighted by Gasteiger charge is 2.46. The Hall–Kier alpha value is -2.47. The zero-order valence-electron chi connectivity index (χ0n) is 21.9. The number of hydrogen-bond acceptors (Lipinski definition) is 10. The average Bonchev–Trinajstić information content (AvgIpc) is 3.46. The summed E-state index contributed by atoms with van der Waals surface area (Å²) >= 11 is 0.938. The highest BCUT2D eigenvalue weighted by atomic mass is 32.2. The minimum atomic E-state index is -4.16. The number of benzene rings is 1. The molecule has 1 aromatic heterocycles. The van der Waals surface area contributed by atoms with Gasteiger partial charge in [-0.2, -0.15) is 4.98 Å². The van der Waals surface area contributed by atoms with E-state index in [4.69, 9.17) is 18.5 Å². The number of ether oxygens (including phenoxy) is 2. The molecular weight excluding hydrogens is 557 g/mol. The summed E-state index contributed by atoms with van der Waals surface area (Å²) in [6.07, 6.45) is -2.45. The summed E-state index contributed by atoms with van der Waals surface area (Å²) in [5.74, 6) is -2.03. The highest BCUT2D eigenvalue weighted by molar-refractivity contribution is 8.00. The van der Waals surface area contributed by atoms with Crippen LogP contribution in [-0.4, -0.2) is 63.6 Å². The number of carbonyl (C=O) groups is 1. The Bertz CT molecular complexity index is 1330. The predicted molar refractivity (Wildman–Crippen MR) is 140 cm³/mol. The first-order chi connectivity index (χ1) is 18.4. The smallest absolute Gasteiger partial charge is 0.380 e. The molecule has 1 aromatic carbocycles. The summed E-state index contributed by atoms with van der Waals surface area (Å²) in [6.45, 7) is 6.29. The zero-order valence-corrected chi connectivity index (χ0v) is 23.6. The van der Waals surface area contributed by atoms with Crippen molar-refractivity contribution in [2.75, 3.05) is 19.4 Å². The maximum absolute atomic E-state index is 15.1. The molecule has 2 aromatic rings. The number of carbonyl (C=O) groups excluding carboxylic acids is 1. The number of halogens is 2. The van der Waals surface area contributed by atoms with Gasteiger partial charge in [-0.25, -0.2) is 18.1 Å². The van der Waals surface area contributed by atoms with Gasteiger partial charge >= 0.3 is 19.3 Å². The van der Waals surface area contributed by atoms with Crippen LogP contribution in [-0.2, 0) is 25.0 Å². The molecule has 2 aliphatic rings. The molecule has 10 nitrogen and oxygen atoms in total. The van der Waals surface area contributed by atoms with Crippen molar-refractivity contribution in [3.8, 4) is 11.5 Å². The summed E-state index contributed by atoms with van der Waals surface area (Å²) in [7, 11) is -4.16. The van der Waals surface area contributed by atoms with Gasteiger partial charge in [0.1, 0.15) is 17.2 Å². The SMILES string of the molecule is Cc1ccn([C@@H]2S[C@H](COP(=O)(C[C@@H](C)C(=O)OC(C)C)Oc3ccc(F)c4c3CCO4)[C@@H](O)[C@@H]2F)c(=O)n1. The molecule has 0 radical (unpaired) electrons. The Morgan fingerprint density at radius 1 is 1.33 bits per heavy atom. The molecule has 39 heavy (non-hydrogen) atoms. The van der Waals surface area contributed by atoms with Crippen LogP contribution in [0.2, 0.25) is 0 Å².